The second kappa shape index (κ2) is 9.19. The van der Waals surface area contributed by atoms with Crippen LogP contribution in [-0.2, 0) is 14.3 Å². The van der Waals surface area contributed by atoms with Crippen molar-refractivity contribution < 1.29 is 28.5 Å². The Morgan fingerprint density at radius 3 is 2.67 bits per heavy atom. The standard InChI is InChI=1S/C21H22O6/c1-15-7-9-17(10-8-15)25-14-20(22)27-18-5-2-4-16(12-18)21(23)26-13-19-6-3-11-24-19/h2,4-5,7-10,12,19H,3,6,11,13-14H2,1H3. The number of carbonyl (C=O) groups is 2. The molecule has 2 aromatic carbocycles. The maximum atomic E-state index is 12.1. The van der Waals surface area contributed by atoms with Crippen LogP contribution in [0.25, 0.3) is 0 Å². The summed E-state index contributed by atoms with van der Waals surface area (Å²) in [6.45, 7) is 2.68. The Bertz CT molecular complexity index is 778. The van der Waals surface area contributed by atoms with E-state index in [9.17, 15) is 9.59 Å². The fourth-order valence-corrected chi connectivity index (χ4v) is 2.65. The Morgan fingerprint density at radius 2 is 1.93 bits per heavy atom. The number of rotatable bonds is 7. The first-order valence-electron chi connectivity index (χ1n) is 8.89. The molecule has 0 saturated carbocycles. The van der Waals surface area contributed by atoms with Crippen LogP contribution in [0.15, 0.2) is 48.5 Å². The van der Waals surface area contributed by atoms with Crippen LogP contribution in [-0.4, -0.2) is 37.9 Å². The number of esters is 2. The van der Waals surface area contributed by atoms with Gasteiger partial charge in [-0.2, -0.15) is 0 Å². The summed E-state index contributed by atoms with van der Waals surface area (Å²) >= 11 is 0. The molecule has 0 aromatic heterocycles. The highest BCUT2D eigenvalue weighted by Crippen LogP contribution is 2.17. The lowest BCUT2D eigenvalue weighted by Gasteiger charge is -2.11. The molecule has 1 aliphatic rings. The molecule has 1 heterocycles. The molecule has 6 nitrogen and oxygen atoms in total. The zero-order valence-electron chi connectivity index (χ0n) is 15.2. The summed E-state index contributed by atoms with van der Waals surface area (Å²) in [6.07, 6.45) is 1.85. The molecule has 1 unspecified atom stereocenters. The molecule has 1 saturated heterocycles. The molecule has 0 amide bonds. The summed E-state index contributed by atoms with van der Waals surface area (Å²) in [5.41, 5.74) is 1.42. The maximum Gasteiger partial charge on any atom is 0.349 e. The average molecular weight is 370 g/mol. The fraction of sp³-hybridized carbons (Fsp3) is 0.333. The first kappa shape index (κ1) is 18.9. The zero-order chi connectivity index (χ0) is 19.1. The van der Waals surface area contributed by atoms with Crippen LogP contribution < -0.4 is 9.47 Å². The summed E-state index contributed by atoms with van der Waals surface area (Å²) in [4.78, 5) is 24.1. The lowest BCUT2D eigenvalue weighted by molar-refractivity contribution is -0.136. The molecule has 0 spiro atoms. The molecule has 0 radical (unpaired) electrons. The lowest BCUT2D eigenvalue weighted by atomic mass is 10.2. The van der Waals surface area contributed by atoms with Crippen molar-refractivity contribution in [2.24, 2.45) is 0 Å². The van der Waals surface area contributed by atoms with Crippen molar-refractivity contribution in [1.82, 2.24) is 0 Å². The predicted molar refractivity (Wildman–Crippen MR) is 98.0 cm³/mol. The minimum atomic E-state index is -0.555. The summed E-state index contributed by atoms with van der Waals surface area (Å²) in [7, 11) is 0. The normalized spacial score (nSPS) is 16.0. The fourth-order valence-electron chi connectivity index (χ4n) is 2.65. The SMILES string of the molecule is Cc1ccc(OCC(=O)Oc2cccc(C(=O)OCC3CCCO3)c2)cc1. The third-order valence-corrected chi connectivity index (χ3v) is 4.10. The van der Waals surface area contributed by atoms with Gasteiger partial charge in [0.25, 0.3) is 0 Å². The molecule has 0 aliphatic carbocycles. The van der Waals surface area contributed by atoms with Gasteiger partial charge in [0.2, 0.25) is 0 Å². The zero-order valence-corrected chi connectivity index (χ0v) is 15.2. The number of aryl methyl sites for hydroxylation is 1. The second-order valence-electron chi connectivity index (χ2n) is 6.34. The van der Waals surface area contributed by atoms with Crippen LogP contribution in [0, 0.1) is 6.92 Å². The molecule has 2 aromatic rings. The molecule has 142 valence electrons. The van der Waals surface area contributed by atoms with Gasteiger partial charge in [0.1, 0.15) is 18.1 Å². The Kier molecular flexibility index (Phi) is 6.44. The van der Waals surface area contributed by atoms with Crippen molar-refractivity contribution in [2.45, 2.75) is 25.9 Å². The highest BCUT2D eigenvalue weighted by atomic mass is 16.6. The molecular weight excluding hydrogens is 348 g/mol. The number of benzene rings is 2. The van der Waals surface area contributed by atoms with Crippen LogP contribution in [0.2, 0.25) is 0 Å². The van der Waals surface area contributed by atoms with E-state index < -0.39 is 11.9 Å². The van der Waals surface area contributed by atoms with Crippen molar-refractivity contribution in [2.75, 3.05) is 19.8 Å². The van der Waals surface area contributed by atoms with E-state index in [1.807, 2.05) is 19.1 Å². The third-order valence-electron chi connectivity index (χ3n) is 4.10. The number of ether oxygens (including phenoxy) is 4. The first-order chi connectivity index (χ1) is 13.1. The average Bonchev–Trinajstić information content (AvgIpc) is 3.19. The van der Waals surface area contributed by atoms with Gasteiger partial charge in [-0.15, -0.1) is 0 Å². The molecule has 1 atom stereocenters. The third kappa shape index (κ3) is 5.82. The molecule has 6 heteroatoms. The summed E-state index contributed by atoms with van der Waals surface area (Å²) in [5.74, 6) is -0.178. The lowest BCUT2D eigenvalue weighted by Crippen LogP contribution is -2.19. The summed E-state index contributed by atoms with van der Waals surface area (Å²) < 4.78 is 21.3. The van der Waals surface area contributed by atoms with E-state index in [1.54, 1.807) is 30.3 Å². The van der Waals surface area contributed by atoms with Crippen molar-refractivity contribution >= 4 is 11.9 Å². The highest BCUT2D eigenvalue weighted by molar-refractivity contribution is 5.90. The van der Waals surface area contributed by atoms with E-state index in [2.05, 4.69) is 0 Å². The summed E-state index contributed by atoms with van der Waals surface area (Å²) in [6, 6.07) is 13.7. The van der Waals surface area contributed by atoms with Crippen molar-refractivity contribution in [3.05, 3.63) is 59.7 Å². The quantitative estimate of drug-likeness (QED) is 0.550. The van der Waals surface area contributed by atoms with Gasteiger partial charge in [-0.25, -0.2) is 9.59 Å². The monoisotopic (exact) mass is 370 g/mol. The van der Waals surface area contributed by atoms with E-state index in [0.29, 0.717) is 17.9 Å². The molecule has 0 N–H and O–H groups in total. The van der Waals surface area contributed by atoms with Crippen LogP contribution in [0.4, 0.5) is 0 Å². The number of carbonyl (C=O) groups excluding carboxylic acids is 2. The molecule has 27 heavy (non-hydrogen) atoms. The minimum absolute atomic E-state index is 0.0334. The van der Waals surface area contributed by atoms with Crippen LogP contribution in [0.1, 0.15) is 28.8 Å². The Morgan fingerprint density at radius 1 is 1.11 bits per heavy atom. The highest BCUT2D eigenvalue weighted by Gasteiger charge is 2.18. The Balaban J connectivity index is 1.49. The van der Waals surface area contributed by atoms with E-state index in [-0.39, 0.29) is 25.1 Å². The van der Waals surface area contributed by atoms with Gasteiger partial charge in [-0.1, -0.05) is 23.8 Å². The van der Waals surface area contributed by atoms with Crippen molar-refractivity contribution in [1.29, 1.82) is 0 Å². The molecule has 3 rings (SSSR count). The van der Waals surface area contributed by atoms with Gasteiger partial charge >= 0.3 is 11.9 Å². The molecule has 0 bridgehead atoms. The van der Waals surface area contributed by atoms with E-state index >= 15 is 0 Å². The maximum absolute atomic E-state index is 12.1. The minimum Gasteiger partial charge on any atom is -0.482 e. The predicted octanol–water partition coefficient (Wildman–Crippen LogP) is 3.32. The first-order valence-corrected chi connectivity index (χ1v) is 8.89. The van der Waals surface area contributed by atoms with Crippen LogP contribution in [0.5, 0.6) is 11.5 Å². The van der Waals surface area contributed by atoms with Gasteiger partial charge in [-0.05, 0) is 50.1 Å². The topological polar surface area (TPSA) is 71.1 Å². The van der Waals surface area contributed by atoms with Crippen LogP contribution >= 0.6 is 0 Å². The number of hydrogen-bond acceptors (Lipinski definition) is 6. The van der Waals surface area contributed by atoms with Gasteiger partial charge < -0.3 is 18.9 Å². The Labute approximate surface area is 158 Å². The molecule has 1 fully saturated rings. The van der Waals surface area contributed by atoms with Crippen molar-refractivity contribution in [3.8, 4) is 11.5 Å². The Hall–Kier alpha value is -2.86. The van der Waals surface area contributed by atoms with Gasteiger partial charge in [-0.3, -0.25) is 0 Å². The number of hydrogen-bond donors (Lipinski definition) is 0. The van der Waals surface area contributed by atoms with Crippen LogP contribution in [0.3, 0.4) is 0 Å². The molecular formula is C21H22O6. The van der Waals surface area contributed by atoms with E-state index in [0.717, 1.165) is 18.4 Å². The van der Waals surface area contributed by atoms with Gasteiger partial charge in [0.15, 0.2) is 6.61 Å². The van der Waals surface area contributed by atoms with E-state index in [4.69, 9.17) is 18.9 Å². The largest absolute Gasteiger partial charge is 0.482 e. The smallest absolute Gasteiger partial charge is 0.349 e. The van der Waals surface area contributed by atoms with Gasteiger partial charge in [0, 0.05) is 6.61 Å². The molecule has 1 aliphatic heterocycles. The van der Waals surface area contributed by atoms with Crippen molar-refractivity contribution in [3.63, 3.8) is 0 Å². The van der Waals surface area contributed by atoms with E-state index in [1.165, 1.54) is 6.07 Å². The second-order valence-corrected chi connectivity index (χ2v) is 6.34. The van der Waals surface area contributed by atoms with Gasteiger partial charge in [0.05, 0.1) is 11.7 Å². The summed E-state index contributed by atoms with van der Waals surface area (Å²) in [5, 5.41) is 0.